The zero-order chi connectivity index (χ0) is 9.97. The minimum atomic E-state index is -0.0632. The van der Waals surface area contributed by atoms with Gasteiger partial charge in [0.15, 0.2) is 0 Å². The molecule has 1 unspecified atom stereocenters. The molecule has 5 heteroatoms. The largest absolute Gasteiger partial charge is 0.371 e. The van der Waals surface area contributed by atoms with Crippen molar-refractivity contribution < 1.29 is 4.74 Å². The van der Waals surface area contributed by atoms with Gasteiger partial charge >= 0.3 is 0 Å². The molecule has 1 fully saturated rings. The first-order valence-corrected chi connectivity index (χ1v) is 5.16. The van der Waals surface area contributed by atoms with Crippen molar-refractivity contribution in [1.82, 2.24) is 10.3 Å². The second-order valence-electron chi connectivity index (χ2n) is 3.08. The predicted molar refractivity (Wildman–Crippen MR) is 55.8 cm³/mol. The summed E-state index contributed by atoms with van der Waals surface area (Å²) in [6.07, 6.45) is 3.10. The van der Waals surface area contributed by atoms with E-state index in [-0.39, 0.29) is 6.10 Å². The van der Waals surface area contributed by atoms with Crippen molar-refractivity contribution in [2.75, 3.05) is 19.7 Å². The number of ether oxygens (including phenoxy) is 1. The van der Waals surface area contributed by atoms with Crippen LogP contribution < -0.4 is 5.32 Å². The standard InChI is InChI=1S/C9H10Cl2N2O/c10-6-3-13-4-7(11)9(6)8-5-12-1-2-14-8/h3-4,8,12H,1-2,5H2. The lowest BCUT2D eigenvalue weighted by atomic mass is 10.1. The summed E-state index contributed by atoms with van der Waals surface area (Å²) < 4.78 is 5.57. The zero-order valence-corrected chi connectivity index (χ0v) is 8.98. The van der Waals surface area contributed by atoms with Crippen LogP contribution in [0.15, 0.2) is 12.4 Å². The van der Waals surface area contributed by atoms with Crippen LogP contribution in [0.1, 0.15) is 11.7 Å². The van der Waals surface area contributed by atoms with Gasteiger partial charge in [-0.2, -0.15) is 0 Å². The Labute approximate surface area is 92.4 Å². The number of halogens is 2. The second-order valence-corrected chi connectivity index (χ2v) is 3.89. The normalized spacial score (nSPS) is 22.3. The number of hydrogen-bond acceptors (Lipinski definition) is 3. The summed E-state index contributed by atoms with van der Waals surface area (Å²) in [5.41, 5.74) is 0.829. The van der Waals surface area contributed by atoms with Gasteiger partial charge in [0.2, 0.25) is 0 Å². The molecule has 0 aromatic carbocycles. The molecule has 1 atom stereocenters. The molecule has 2 heterocycles. The van der Waals surface area contributed by atoms with Crippen molar-refractivity contribution in [1.29, 1.82) is 0 Å². The van der Waals surface area contributed by atoms with E-state index in [9.17, 15) is 0 Å². The van der Waals surface area contributed by atoms with Gasteiger partial charge < -0.3 is 10.1 Å². The SMILES string of the molecule is Clc1cncc(Cl)c1C1CNCCO1. The fourth-order valence-electron chi connectivity index (χ4n) is 1.48. The van der Waals surface area contributed by atoms with E-state index < -0.39 is 0 Å². The average Bonchev–Trinajstić information content (AvgIpc) is 2.19. The van der Waals surface area contributed by atoms with Crippen LogP contribution in [-0.2, 0) is 4.74 Å². The van der Waals surface area contributed by atoms with Gasteiger partial charge in [-0.3, -0.25) is 4.98 Å². The van der Waals surface area contributed by atoms with Gasteiger partial charge in [-0.25, -0.2) is 0 Å². The van der Waals surface area contributed by atoms with Crippen LogP contribution in [0.5, 0.6) is 0 Å². The highest BCUT2D eigenvalue weighted by molar-refractivity contribution is 6.35. The summed E-state index contributed by atoms with van der Waals surface area (Å²) in [4.78, 5) is 3.90. The van der Waals surface area contributed by atoms with Crippen LogP contribution in [-0.4, -0.2) is 24.7 Å². The third-order valence-electron chi connectivity index (χ3n) is 2.14. The van der Waals surface area contributed by atoms with E-state index in [2.05, 4.69) is 10.3 Å². The number of nitrogens with one attached hydrogen (secondary N) is 1. The molecule has 1 aromatic heterocycles. The first-order valence-electron chi connectivity index (χ1n) is 4.40. The van der Waals surface area contributed by atoms with Gasteiger partial charge in [-0.15, -0.1) is 0 Å². The van der Waals surface area contributed by atoms with Gasteiger partial charge in [-0.1, -0.05) is 23.2 Å². The molecular formula is C9H10Cl2N2O. The Morgan fingerprint density at radius 1 is 1.36 bits per heavy atom. The lowest BCUT2D eigenvalue weighted by molar-refractivity contribution is 0.0278. The number of aromatic nitrogens is 1. The Morgan fingerprint density at radius 2 is 2.07 bits per heavy atom. The molecule has 0 aliphatic carbocycles. The quantitative estimate of drug-likeness (QED) is 0.805. The van der Waals surface area contributed by atoms with Crippen LogP contribution in [0.4, 0.5) is 0 Å². The van der Waals surface area contributed by atoms with E-state index in [1.807, 2.05) is 0 Å². The number of pyridine rings is 1. The molecule has 1 aliphatic heterocycles. The van der Waals surface area contributed by atoms with Crippen LogP contribution in [0.25, 0.3) is 0 Å². The summed E-state index contributed by atoms with van der Waals surface area (Å²) in [6.45, 7) is 2.29. The molecule has 0 bridgehead atoms. The highest BCUT2D eigenvalue weighted by Crippen LogP contribution is 2.31. The minimum absolute atomic E-state index is 0.0632. The monoisotopic (exact) mass is 232 g/mol. The van der Waals surface area contributed by atoms with E-state index in [1.54, 1.807) is 12.4 Å². The molecule has 3 nitrogen and oxygen atoms in total. The Morgan fingerprint density at radius 3 is 2.64 bits per heavy atom. The maximum atomic E-state index is 6.01. The Bertz CT molecular complexity index is 306. The van der Waals surface area contributed by atoms with E-state index in [1.165, 1.54) is 0 Å². The topological polar surface area (TPSA) is 34.2 Å². The van der Waals surface area contributed by atoms with Crippen molar-refractivity contribution >= 4 is 23.2 Å². The van der Waals surface area contributed by atoms with E-state index in [0.717, 1.165) is 18.7 Å². The molecule has 1 aliphatic rings. The second kappa shape index (κ2) is 4.45. The summed E-state index contributed by atoms with van der Waals surface area (Å²) >= 11 is 12.0. The maximum absolute atomic E-state index is 6.01. The Hall–Kier alpha value is -0.350. The fraction of sp³-hybridized carbons (Fsp3) is 0.444. The first-order chi connectivity index (χ1) is 6.79. The first kappa shape index (κ1) is 10.2. The number of nitrogens with zero attached hydrogens (tertiary/aromatic N) is 1. The average molecular weight is 233 g/mol. The summed E-state index contributed by atoms with van der Waals surface area (Å²) in [5.74, 6) is 0. The summed E-state index contributed by atoms with van der Waals surface area (Å²) in [5, 5.41) is 4.35. The van der Waals surface area contributed by atoms with E-state index in [4.69, 9.17) is 27.9 Å². The third-order valence-corrected chi connectivity index (χ3v) is 2.74. The molecule has 0 spiro atoms. The van der Waals surface area contributed by atoms with Crippen molar-refractivity contribution in [3.8, 4) is 0 Å². The van der Waals surface area contributed by atoms with E-state index in [0.29, 0.717) is 16.7 Å². The van der Waals surface area contributed by atoms with Crippen molar-refractivity contribution in [3.05, 3.63) is 28.0 Å². The Kier molecular flexibility index (Phi) is 3.23. The molecule has 0 amide bonds. The summed E-state index contributed by atoms with van der Waals surface area (Å²) in [6, 6.07) is 0. The lowest BCUT2D eigenvalue weighted by Gasteiger charge is -2.25. The third kappa shape index (κ3) is 2.01. The number of rotatable bonds is 1. The molecule has 76 valence electrons. The van der Waals surface area contributed by atoms with Gasteiger partial charge in [-0.05, 0) is 0 Å². The molecule has 1 aromatic rings. The molecule has 1 saturated heterocycles. The Balaban J connectivity index is 2.29. The van der Waals surface area contributed by atoms with Crippen LogP contribution in [0.2, 0.25) is 10.0 Å². The van der Waals surface area contributed by atoms with Gasteiger partial charge in [0, 0.05) is 31.0 Å². The molecular weight excluding hydrogens is 223 g/mol. The number of morpholine rings is 1. The zero-order valence-electron chi connectivity index (χ0n) is 7.46. The molecule has 1 N–H and O–H groups in total. The van der Waals surface area contributed by atoms with Gasteiger partial charge in [0.1, 0.15) is 0 Å². The molecule has 2 rings (SSSR count). The van der Waals surface area contributed by atoms with Crippen molar-refractivity contribution in [3.63, 3.8) is 0 Å². The van der Waals surface area contributed by atoms with Gasteiger partial charge in [0.25, 0.3) is 0 Å². The highest BCUT2D eigenvalue weighted by atomic mass is 35.5. The van der Waals surface area contributed by atoms with E-state index >= 15 is 0 Å². The molecule has 14 heavy (non-hydrogen) atoms. The molecule has 0 radical (unpaired) electrons. The highest BCUT2D eigenvalue weighted by Gasteiger charge is 2.21. The smallest absolute Gasteiger partial charge is 0.0979 e. The van der Waals surface area contributed by atoms with Crippen LogP contribution >= 0.6 is 23.2 Å². The lowest BCUT2D eigenvalue weighted by Crippen LogP contribution is -2.33. The maximum Gasteiger partial charge on any atom is 0.0979 e. The van der Waals surface area contributed by atoms with Gasteiger partial charge in [0.05, 0.1) is 22.8 Å². The minimum Gasteiger partial charge on any atom is -0.371 e. The number of hydrogen-bond donors (Lipinski definition) is 1. The molecule has 0 saturated carbocycles. The predicted octanol–water partition coefficient (Wildman–Crippen LogP) is 2.05. The van der Waals surface area contributed by atoms with Crippen molar-refractivity contribution in [2.45, 2.75) is 6.10 Å². The van der Waals surface area contributed by atoms with Crippen molar-refractivity contribution in [2.24, 2.45) is 0 Å². The summed E-state index contributed by atoms with van der Waals surface area (Å²) in [7, 11) is 0. The van der Waals surface area contributed by atoms with Crippen LogP contribution in [0, 0.1) is 0 Å². The van der Waals surface area contributed by atoms with Crippen LogP contribution in [0.3, 0.4) is 0 Å². The fourth-order valence-corrected chi connectivity index (χ4v) is 2.09.